The van der Waals surface area contributed by atoms with Crippen molar-refractivity contribution in [1.82, 2.24) is 25.3 Å². The van der Waals surface area contributed by atoms with Gasteiger partial charge in [-0.15, -0.1) is 0 Å². The molecule has 1 saturated carbocycles. The minimum atomic E-state index is -0.465. The number of hydrogen-bond donors (Lipinski definition) is 4. The van der Waals surface area contributed by atoms with Crippen molar-refractivity contribution in [1.29, 1.82) is 0 Å². The van der Waals surface area contributed by atoms with E-state index in [-0.39, 0.29) is 6.03 Å². The number of rotatable bonds is 8. The fourth-order valence-corrected chi connectivity index (χ4v) is 4.97. The third kappa shape index (κ3) is 9.30. The molecule has 0 radical (unpaired) electrons. The summed E-state index contributed by atoms with van der Waals surface area (Å²) in [6.45, 7) is 0. The Bertz CT molecular complexity index is 2350. The van der Waals surface area contributed by atoms with Gasteiger partial charge in [0.15, 0.2) is 0 Å². The third-order valence-electron chi connectivity index (χ3n) is 7.55. The largest absolute Gasteiger partial charge is 0.457 e. The summed E-state index contributed by atoms with van der Waals surface area (Å²) in [4.78, 5) is 40.8. The maximum absolute atomic E-state index is 13.2. The zero-order valence-electron chi connectivity index (χ0n) is 27.5. The molecule has 1 aliphatic rings. The molecule has 4 amide bonds. The summed E-state index contributed by atoms with van der Waals surface area (Å²) in [6, 6.07) is 30.5. The molecule has 52 heavy (non-hydrogen) atoms. The van der Waals surface area contributed by atoms with Crippen LogP contribution < -0.4 is 30.7 Å². The summed E-state index contributed by atoms with van der Waals surface area (Å²) in [5, 5.41) is 10.9. The highest BCUT2D eigenvalue weighted by atomic mass is 19.1. The van der Waals surface area contributed by atoms with Crippen LogP contribution in [0, 0.1) is 5.82 Å². The van der Waals surface area contributed by atoms with Gasteiger partial charge in [0.2, 0.25) is 0 Å². The van der Waals surface area contributed by atoms with E-state index in [1.807, 2.05) is 48.5 Å². The fourth-order valence-electron chi connectivity index (χ4n) is 4.97. The Kier molecular flexibility index (Phi) is 10.0. The molecule has 258 valence electrons. The van der Waals surface area contributed by atoms with Gasteiger partial charge in [0.25, 0.3) is 0 Å². The maximum Gasteiger partial charge on any atom is 0.323 e. The summed E-state index contributed by atoms with van der Waals surface area (Å²) in [5.41, 5.74) is 4.75. The van der Waals surface area contributed by atoms with Gasteiger partial charge in [-0.25, -0.2) is 14.0 Å². The monoisotopic (exact) mass is 694 g/mol. The predicted octanol–water partition coefficient (Wildman–Crippen LogP) is 8.91. The molecule has 1 aliphatic carbocycles. The molecule has 4 N–H and O–H groups in total. The molecule has 13 heteroatoms. The van der Waals surface area contributed by atoms with E-state index in [1.165, 1.54) is 18.2 Å². The number of halogens is 1. The summed E-state index contributed by atoms with van der Waals surface area (Å²) in [5.74, 6) is 2.14. The standard InChI is InChI=1S/C21H15FN4O2.C18H16N4O2/c22-14-2-1-3-16(12-14)26-21(27)25-15-4-6-17(7-5-15)28-18-8-9-19-20(13-18)24-11-10-23-19;23-18(21-12-4-5-12)22-13-2-1-3-14(10-13)24-15-6-7-16-17(11-15)20-9-8-19-16/h1-13H,(H2,25,26,27);1-3,6-12H,4-5H2,(H2,21,22,23). The second-order valence-corrected chi connectivity index (χ2v) is 11.6. The minimum absolute atomic E-state index is 0.185. The second kappa shape index (κ2) is 15.6. The Morgan fingerprint density at radius 3 is 1.63 bits per heavy atom. The van der Waals surface area contributed by atoms with E-state index in [2.05, 4.69) is 41.2 Å². The van der Waals surface area contributed by atoms with Crippen LogP contribution in [0.5, 0.6) is 23.0 Å². The number of carbonyl (C=O) groups is 2. The summed E-state index contributed by atoms with van der Waals surface area (Å²) < 4.78 is 24.8. The van der Waals surface area contributed by atoms with E-state index in [0.29, 0.717) is 46.1 Å². The van der Waals surface area contributed by atoms with Gasteiger partial charge in [0.1, 0.15) is 28.8 Å². The van der Waals surface area contributed by atoms with Gasteiger partial charge in [-0.3, -0.25) is 19.9 Å². The highest BCUT2D eigenvalue weighted by molar-refractivity contribution is 5.99. The molecule has 0 unspecified atom stereocenters. The highest BCUT2D eigenvalue weighted by Crippen LogP contribution is 2.27. The van der Waals surface area contributed by atoms with Gasteiger partial charge in [0.05, 0.1) is 22.1 Å². The summed E-state index contributed by atoms with van der Waals surface area (Å²) in [7, 11) is 0. The van der Waals surface area contributed by atoms with Gasteiger partial charge < -0.3 is 30.7 Å². The van der Waals surface area contributed by atoms with Crippen LogP contribution in [-0.2, 0) is 0 Å². The Labute approximate surface area is 297 Å². The van der Waals surface area contributed by atoms with Crippen molar-refractivity contribution in [3.63, 3.8) is 0 Å². The first-order valence-electron chi connectivity index (χ1n) is 16.3. The molecule has 12 nitrogen and oxygen atoms in total. The van der Waals surface area contributed by atoms with Gasteiger partial charge in [-0.2, -0.15) is 0 Å². The molecule has 7 aromatic rings. The van der Waals surface area contributed by atoms with Crippen molar-refractivity contribution in [3.8, 4) is 23.0 Å². The van der Waals surface area contributed by atoms with Gasteiger partial charge in [0, 0.05) is 66.1 Å². The smallest absolute Gasteiger partial charge is 0.323 e. The molecule has 0 saturated heterocycles. The number of anilines is 3. The Morgan fingerprint density at radius 2 is 1.02 bits per heavy atom. The number of nitrogens with zero attached hydrogens (tertiary/aromatic N) is 4. The number of carbonyl (C=O) groups excluding carboxylic acids is 2. The number of fused-ring (bicyclic) bond motifs is 2. The van der Waals surface area contributed by atoms with Gasteiger partial charge in [-0.1, -0.05) is 12.1 Å². The zero-order valence-corrected chi connectivity index (χ0v) is 27.5. The molecule has 0 bridgehead atoms. The van der Waals surface area contributed by atoms with Crippen LogP contribution in [0.4, 0.5) is 31.0 Å². The lowest BCUT2D eigenvalue weighted by Gasteiger charge is -2.10. The number of ether oxygens (including phenoxy) is 2. The highest BCUT2D eigenvalue weighted by Gasteiger charge is 2.23. The summed E-state index contributed by atoms with van der Waals surface area (Å²) >= 11 is 0. The van der Waals surface area contributed by atoms with Crippen LogP contribution in [0.2, 0.25) is 0 Å². The van der Waals surface area contributed by atoms with Crippen molar-refractivity contribution in [2.24, 2.45) is 0 Å². The first-order valence-corrected chi connectivity index (χ1v) is 16.3. The van der Waals surface area contributed by atoms with Crippen LogP contribution in [0.3, 0.4) is 0 Å². The lowest BCUT2D eigenvalue weighted by atomic mass is 10.2. The van der Waals surface area contributed by atoms with Crippen molar-refractivity contribution in [2.75, 3.05) is 16.0 Å². The molecule has 2 aromatic heterocycles. The Morgan fingerprint density at radius 1 is 0.519 bits per heavy atom. The van der Waals surface area contributed by atoms with E-state index in [4.69, 9.17) is 9.47 Å². The van der Waals surface area contributed by atoms with Gasteiger partial charge in [-0.05, 0) is 91.7 Å². The average molecular weight is 695 g/mol. The molecule has 2 heterocycles. The van der Waals surface area contributed by atoms with Crippen LogP contribution in [0.15, 0.2) is 134 Å². The lowest BCUT2D eigenvalue weighted by Crippen LogP contribution is -2.30. The number of aromatic nitrogens is 4. The minimum Gasteiger partial charge on any atom is -0.457 e. The first-order chi connectivity index (χ1) is 25.4. The van der Waals surface area contributed by atoms with E-state index < -0.39 is 11.8 Å². The average Bonchev–Trinajstić information content (AvgIpc) is 3.97. The molecule has 0 aliphatic heterocycles. The van der Waals surface area contributed by atoms with E-state index in [1.54, 1.807) is 67.3 Å². The molecular weight excluding hydrogens is 663 g/mol. The number of amides is 4. The van der Waals surface area contributed by atoms with Gasteiger partial charge >= 0.3 is 12.1 Å². The first kappa shape index (κ1) is 33.4. The predicted molar refractivity (Wildman–Crippen MR) is 196 cm³/mol. The van der Waals surface area contributed by atoms with Crippen LogP contribution >= 0.6 is 0 Å². The van der Waals surface area contributed by atoms with Crippen LogP contribution in [0.1, 0.15) is 12.8 Å². The van der Waals surface area contributed by atoms with Crippen molar-refractivity contribution >= 4 is 51.2 Å². The Balaban J connectivity index is 0.000000164. The molecular formula is C39H31FN8O4. The van der Waals surface area contributed by atoms with Crippen molar-refractivity contribution < 1.29 is 23.5 Å². The molecule has 1 fully saturated rings. The van der Waals surface area contributed by atoms with Crippen LogP contribution in [-0.4, -0.2) is 38.0 Å². The van der Waals surface area contributed by atoms with Crippen molar-refractivity contribution in [3.05, 3.63) is 140 Å². The number of nitrogens with one attached hydrogen (secondary N) is 4. The zero-order chi connectivity index (χ0) is 35.7. The number of hydrogen-bond acceptors (Lipinski definition) is 8. The summed E-state index contributed by atoms with van der Waals surface area (Å²) in [6.07, 6.45) is 8.68. The topological polar surface area (TPSA) is 152 Å². The Hall–Kier alpha value is -7.15. The SMILES string of the molecule is O=C(Nc1ccc(Oc2ccc3nccnc3c2)cc1)Nc1cccc(F)c1.O=C(Nc1cccc(Oc2ccc3nccnc3c2)c1)NC1CC1. The number of urea groups is 2. The lowest BCUT2D eigenvalue weighted by molar-refractivity contribution is 0.251. The quantitative estimate of drug-likeness (QED) is 0.123. The molecule has 5 aromatic carbocycles. The van der Waals surface area contributed by atoms with E-state index in [9.17, 15) is 14.0 Å². The molecule has 0 spiro atoms. The van der Waals surface area contributed by atoms with Crippen molar-refractivity contribution in [2.45, 2.75) is 18.9 Å². The molecule has 8 rings (SSSR count). The number of benzene rings is 5. The van der Waals surface area contributed by atoms with E-state index in [0.717, 1.165) is 34.9 Å². The fraction of sp³-hybridized carbons (Fsp3) is 0.0769. The second-order valence-electron chi connectivity index (χ2n) is 11.6. The van der Waals surface area contributed by atoms with E-state index >= 15 is 0 Å². The third-order valence-corrected chi connectivity index (χ3v) is 7.55. The maximum atomic E-state index is 13.2. The molecule has 0 atom stereocenters. The van der Waals surface area contributed by atoms with Crippen LogP contribution in [0.25, 0.3) is 22.1 Å². The normalized spacial score (nSPS) is 11.9.